The zero-order valence-electron chi connectivity index (χ0n) is 17.0. The first-order valence-electron chi connectivity index (χ1n) is 9.64. The van der Waals surface area contributed by atoms with E-state index in [4.69, 9.17) is 31.8 Å². The van der Waals surface area contributed by atoms with Gasteiger partial charge in [-0.1, -0.05) is 6.07 Å². The largest absolute Gasteiger partial charge is 0.477 e. The zero-order valence-corrected chi connectivity index (χ0v) is 17.0. The molecular formula is C22H19F2N5O4. The van der Waals surface area contributed by atoms with Crippen LogP contribution < -0.4 is 26.7 Å². The lowest BCUT2D eigenvalue weighted by molar-refractivity contribution is -0.144. The predicted octanol–water partition coefficient (Wildman–Crippen LogP) is 3.07. The molecule has 0 aliphatic rings. The van der Waals surface area contributed by atoms with Crippen molar-refractivity contribution >= 4 is 28.5 Å². The van der Waals surface area contributed by atoms with E-state index in [0.717, 1.165) is 6.07 Å². The van der Waals surface area contributed by atoms with Crippen molar-refractivity contribution in [3.05, 3.63) is 71.9 Å². The van der Waals surface area contributed by atoms with Gasteiger partial charge in [0.15, 0.2) is 17.3 Å². The van der Waals surface area contributed by atoms with Crippen LogP contribution in [0.5, 0.6) is 17.2 Å². The Morgan fingerprint density at radius 2 is 1.82 bits per heavy atom. The molecule has 2 heterocycles. The van der Waals surface area contributed by atoms with Gasteiger partial charge in [-0.15, -0.1) is 0 Å². The Morgan fingerprint density at radius 3 is 2.52 bits per heavy atom. The molecule has 0 aliphatic heterocycles. The van der Waals surface area contributed by atoms with Crippen LogP contribution in [0.4, 0.5) is 20.3 Å². The fourth-order valence-electron chi connectivity index (χ4n) is 3.21. The highest BCUT2D eigenvalue weighted by Gasteiger charge is 2.21. The summed E-state index contributed by atoms with van der Waals surface area (Å²) in [5.74, 6) is -2.46. The number of carbonyl (C=O) groups is 1. The highest BCUT2D eigenvalue weighted by Crippen LogP contribution is 2.38. The summed E-state index contributed by atoms with van der Waals surface area (Å²) in [5, 5.41) is 9.36. The van der Waals surface area contributed by atoms with Crippen LogP contribution in [0, 0.1) is 11.8 Å². The summed E-state index contributed by atoms with van der Waals surface area (Å²) in [5.41, 5.74) is 18.6. The standard InChI is InChI=1S/C22H19F2N5O4/c23-15-7-1-11(9-16(15)33-20(27)22(30)31)10-29-19(26)18(14-6-8-17(24)28-21(14)29)32-13-4-2-12(25)3-5-13/h1-9,20H,10,25-27H2,(H,30,31)/t20-/m1/s1. The van der Waals surface area contributed by atoms with Crippen molar-refractivity contribution < 1.29 is 28.2 Å². The van der Waals surface area contributed by atoms with E-state index in [1.165, 1.54) is 28.8 Å². The summed E-state index contributed by atoms with van der Waals surface area (Å²) in [4.78, 5) is 14.9. The minimum atomic E-state index is -1.75. The monoisotopic (exact) mass is 455 g/mol. The Morgan fingerprint density at radius 1 is 1.09 bits per heavy atom. The number of rotatable bonds is 7. The molecule has 0 saturated heterocycles. The molecule has 7 N–H and O–H groups in total. The zero-order chi connectivity index (χ0) is 23.7. The Hall–Kier alpha value is -4.38. The molecule has 33 heavy (non-hydrogen) atoms. The van der Waals surface area contributed by atoms with Crippen molar-refractivity contribution in [1.29, 1.82) is 0 Å². The van der Waals surface area contributed by atoms with Crippen LogP contribution in [0.2, 0.25) is 0 Å². The number of nitrogens with two attached hydrogens (primary N) is 3. The number of nitrogen functional groups attached to an aromatic ring is 2. The van der Waals surface area contributed by atoms with E-state index in [1.807, 2.05) is 0 Å². The second kappa shape index (κ2) is 8.63. The first-order chi connectivity index (χ1) is 15.7. The molecule has 0 bridgehead atoms. The Kier molecular flexibility index (Phi) is 5.71. The number of carboxylic acids is 1. The maximum Gasteiger partial charge on any atom is 0.360 e. The fourth-order valence-corrected chi connectivity index (χ4v) is 3.21. The van der Waals surface area contributed by atoms with Gasteiger partial charge in [-0.25, -0.2) is 14.2 Å². The van der Waals surface area contributed by atoms with Gasteiger partial charge < -0.3 is 30.6 Å². The Balaban J connectivity index is 1.74. The molecule has 4 aromatic rings. The Labute approximate surface area is 185 Å². The number of aromatic nitrogens is 2. The molecule has 4 rings (SSSR count). The first-order valence-corrected chi connectivity index (χ1v) is 9.64. The van der Waals surface area contributed by atoms with E-state index in [-0.39, 0.29) is 29.5 Å². The number of hydrogen-bond acceptors (Lipinski definition) is 7. The smallest absolute Gasteiger partial charge is 0.360 e. The average Bonchev–Trinajstić information content (AvgIpc) is 3.02. The van der Waals surface area contributed by atoms with E-state index >= 15 is 0 Å². The molecule has 9 nitrogen and oxygen atoms in total. The van der Waals surface area contributed by atoms with E-state index < -0.39 is 24.0 Å². The van der Waals surface area contributed by atoms with E-state index in [9.17, 15) is 13.6 Å². The van der Waals surface area contributed by atoms with Crippen LogP contribution in [0.1, 0.15) is 5.56 Å². The maximum absolute atomic E-state index is 14.1. The topological polar surface area (TPSA) is 152 Å². The summed E-state index contributed by atoms with van der Waals surface area (Å²) in [6, 6.07) is 13.1. The van der Waals surface area contributed by atoms with Crippen molar-refractivity contribution in [2.24, 2.45) is 5.73 Å². The molecule has 2 aromatic carbocycles. The normalized spacial score (nSPS) is 12.0. The van der Waals surface area contributed by atoms with Gasteiger partial charge in [0.25, 0.3) is 0 Å². The number of anilines is 2. The number of halogens is 2. The van der Waals surface area contributed by atoms with Gasteiger partial charge >= 0.3 is 5.97 Å². The van der Waals surface area contributed by atoms with Gasteiger partial charge in [0.2, 0.25) is 12.2 Å². The molecule has 0 spiro atoms. The molecule has 0 saturated carbocycles. The minimum Gasteiger partial charge on any atom is -0.477 e. The number of nitrogens with zero attached hydrogens (tertiary/aromatic N) is 2. The lowest BCUT2D eigenvalue weighted by atomic mass is 10.2. The molecule has 0 radical (unpaired) electrons. The molecule has 0 fully saturated rings. The predicted molar refractivity (Wildman–Crippen MR) is 117 cm³/mol. The SMILES string of the molecule is Nc1ccc(Oc2c(N)n(Cc3ccc(F)c(O[C@@H](N)C(=O)O)c3)c3nc(F)ccc23)cc1. The molecular weight excluding hydrogens is 436 g/mol. The molecule has 1 atom stereocenters. The number of hydrogen-bond donors (Lipinski definition) is 4. The minimum absolute atomic E-state index is 0.0306. The van der Waals surface area contributed by atoms with E-state index in [0.29, 0.717) is 22.4 Å². The molecule has 0 unspecified atom stereocenters. The van der Waals surface area contributed by atoms with Gasteiger partial charge in [0, 0.05) is 5.69 Å². The highest BCUT2D eigenvalue weighted by molar-refractivity contribution is 5.90. The van der Waals surface area contributed by atoms with Crippen LogP contribution in [-0.2, 0) is 11.3 Å². The fraction of sp³-hybridized carbons (Fsp3) is 0.0909. The third-order valence-electron chi connectivity index (χ3n) is 4.80. The van der Waals surface area contributed by atoms with Crippen LogP contribution in [0.3, 0.4) is 0 Å². The van der Waals surface area contributed by atoms with Crippen molar-refractivity contribution in [2.75, 3.05) is 11.5 Å². The van der Waals surface area contributed by atoms with Crippen molar-refractivity contribution in [3.8, 4) is 17.2 Å². The third kappa shape index (κ3) is 4.48. The lowest BCUT2D eigenvalue weighted by Gasteiger charge is -2.13. The first kappa shape index (κ1) is 21.8. The third-order valence-corrected chi connectivity index (χ3v) is 4.80. The van der Waals surface area contributed by atoms with Gasteiger partial charge in [0.05, 0.1) is 11.9 Å². The number of benzene rings is 2. The summed E-state index contributed by atoms with van der Waals surface area (Å²) in [6.45, 7) is 0.0306. The molecule has 11 heteroatoms. The van der Waals surface area contributed by atoms with Crippen LogP contribution in [0.15, 0.2) is 54.6 Å². The second-order valence-electron chi connectivity index (χ2n) is 7.12. The van der Waals surface area contributed by atoms with Crippen molar-refractivity contribution in [3.63, 3.8) is 0 Å². The van der Waals surface area contributed by atoms with Crippen LogP contribution >= 0.6 is 0 Å². The van der Waals surface area contributed by atoms with Crippen molar-refractivity contribution in [2.45, 2.75) is 12.8 Å². The molecule has 0 aliphatic carbocycles. The molecule has 170 valence electrons. The highest BCUT2D eigenvalue weighted by atomic mass is 19.1. The maximum atomic E-state index is 14.1. The van der Waals surface area contributed by atoms with E-state index in [1.54, 1.807) is 24.3 Å². The number of aliphatic carboxylic acids is 1. The number of ether oxygens (including phenoxy) is 2. The number of fused-ring (bicyclic) bond motifs is 1. The van der Waals surface area contributed by atoms with Crippen LogP contribution in [0.25, 0.3) is 11.0 Å². The van der Waals surface area contributed by atoms with Crippen molar-refractivity contribution in [1.82, 2.24) is 9.55 Å². The molecule has 2 aromatic heterocycles. The quantitative estimate of drug-likeness (QED) is 0.189. The second-order valence-corrected chi connectivity index (χ2v) is 7.12. The van der Waals surface area contributed by atoms with E-state index in [2.05, 4.69) is 4.98 Å². The average molecular weight is 455 g/mol. The van der Waals surface area contributed by atoms with Gasteiger partial charge in [-0.05, 0) is 54.1 Å². The Bertz CT molecular complexity index is 1340. The summed E-state index contributed by atoms with van der Waals surface area (Å²) >= 11 is 0. The van der Waals surface area contributed by atoms with Gasteiger partial charge in [-0.3, -0.25) is 5.73 Å². The number of carboxylic acid groups (broad SMARTS) is 1. The summed E-state index contributed by atoms with van der Waals surface area (Å²) < 4.78 is 40.4. The van der Waals surface area contributed by atoms with Gasteiger partial charge in [-0.2, -0.15) is 4.39 Å². The number of pyridine rings is 1. The lowest BCUT2D eigenvalue weighted by Crippen LogP contribution is -2.36. The molecule has 0 amide bonds. The summed E-state index contributed by atoms with van der Waals surface area (Å²) in [6.07, 6.45) is -1.75. The van der Waals surface area contributed by atoms with Gasteiger partial charge in [0.1, 0.15) is 17.2 Å². The summed E-state index contributed by atoms with van der Waals surface area (Å²) in [7, 11) is 0. The van der Waals surface area contributed by atoms with Crippen LogP contribution in [-0.4, -0.2) is 26.9 Å².